The molecule has 0 saturated heterocycles. The van der Waals surface area contributed by atoms with Crippen molar-refractivity contribution in [2.45, 2.75) is 12.5 Å². The zero-order chi connectivity index (χ0) is 13.1. The van der Waals surface area contributed by atoms with Crippen molar-refractivity contribution < 1.29 is 5.11 Å². The van der Waals surface area contributed by atoms with Crippen LogP contribution in [0.15, 0.2) is 45.5 Å². The molecule has 0 fully saturated rings. The Bertz CT molecular complexity index is 545. The predicted molar refractivity (Wildman–Crippen MR) is 87.5 cm³/mol. The molecule has 1 heterocycles. The Morgan fingerprint density at radius 1 is 1.17 bits per heavy atom. The van der Waals surface area contributed by atoms with Gasteiger partial charge in [-0.05, 0) is 74.4 Å². The molecule has 0 aliphatic heterocycles. The number of aliphatic hydroxyl groups excluding tert-OH is 1. The Kier molecular flexibility index (Phi) is 5.17. The number of aliphatic hydroxyl groups is 1. The molecular weight excluding hydrogens is 473 g/mol. The molecule has 1 aromatic heterocycles. The van der Waals surface area contributed by atoms with E-state index < -0.39 is 6.10 Å². The fourth-order valence-corrected chi connectivity index (χ4v) is 2.91. The van der Waals surface area contributed by atoms with Gasteiger partial charge in [0.2, 0.25) is 0 Å². The molecular formula is C13H10Br2INO. The second kappa shape index (κ2) is 6.45. The monoisotopic (exact) mass is 481 g/mol. The van der Waals surface area contributed by atoms with E-state index in [2.05, 4.69) is 59.4 Å². The van der Waals surface area contributed by atoms with Gasteiger partial charge in [-0.25, -0.2) is 0 Å². The van der Waals surface area contributed by atoms with E-state index in [9.17, 15) is 5.11 Å². The molecule has 2 rings (SSSR count). The maximum absolute atomic E-state index is 10.3. The first-order valence-electron chi connectivity index (χ1n) is 5.29. The van der Waals surface area contributed by atoms with Crippen molar-refractivity contribution in [2.24, 2.45) is 0 Å². The van der Waals surface area contributed by atoms with Gasteiger partial charge >= 0.3 is 0 Å². The third-order valence-corrected chi connectivity index (χ3v) is 4.45. The van der Waals surface area contributed by atoms with Crippen LogP contribution in [0.25, 0.3) is 0 Å². The van der Waals surface area contributed by atoms with Crippen LogP contribution in [0.5, 0.6) is 0 Å². The van der Waals surface area contributed by atoms with E-state index in [0.29, 0.717) is 6.42 Å². The summed E-state index contributed by atoms with van der Waals surface area (Å²) >= 11 is 9.00. The lowest BCUT2D eigenvalue weighted by atomic mass is 10.0. The summed E-state index contributed by atoms with van der Waals surface area (Å²) in [4.78, 5) is 4.27. The minimum Gasteiger partial charge on any atom is -0.388 e. The zero-order valence-electron chi connectivity index (χ0n) is 9.28. The molecule has 18 heavy (non-hydrogen) atoms. The summed E-state index contributed by atoms with van der Waals surface area (Å²) in [6, 6.07) is 9.75. The molecule has 1 aromatic carbocycles. The molecule has 0 radical (unpaired) electrons. The molecule has 1 atom stereocenters. The molecule has 1 unspecified atom stereocenters. The molecule has 0 aliphatic carbocycles. The first kappa shape index (κ1) is 14.4. The third kappa shape index (κ3) is 3.76. The van der Waals surface area contributed by atoms with E-state index in [1.807, 2.05) is 30.3 Å². The van der Waals surface area contributed by atoms with Gasteiger partial charge in [-0.1, -0.05) is 15.9 Å². The number of rotatable bonds is 3. The molecule has 2 aromatic rings. The average Bonchev–Trinajstić information content (AvgIpc) is 2.35. The van der Waals surface area contributed by atoms with E-state index >= 15 is 0 Å². The zero-order valence-corrected chi connectivity index (χ0v) is 14.6. The molecule has 0 spiro atoms. The highest BCUT2D eigenvalue weighted by molar-refractivity contribution is 14.1. The van der Waals surface area contributed by atoms with Gasteiger partial charge in [0.05, 0.1) is 6.10 Å². The van der Waals surface area contributed by atoms with Crippen molar-refractivity contribution in [3.8, 4) is 0 Å². The number of hydrogen-bond donors (Lipinski definition) is 1. The van der Waals surface area contributed by atoms with Gasteiger partial charge in [0, 0.05) is 30.8 Å². The topological polar surface area (TPSA) is 33.1 Å². The summed E-state index contributed by atoms with van der Waals surface area (Å²) in [7, 11) is 0. The van der Waals surface area contributed by atoms with Crippen LogP contribution in [0.3, 0.4) is 0 Å². The molecule has 1 N–H and O–H groups in total. The maximum Gasteiger partial charge on any atom is 0.0856 e. The van der Waals surface area contributed by atoms with E-state index in [1.54, 1.807) is 6.20 Å². The second-order valence-electron chi connectivity index (χ2n) is 3.85. The lowest BCUT2D eigenvalue weighted by Gasteiger charge is -2.13. The smallest absolute Gasteiger partial charge is 0.0856 e. The molecule has 0 saturated carbocycles. The number of halogens is 3. The normalized spacial score (nSPS) is 12.4. The van der Waals surface area contributed by atoms with Crippen molar-refractivity contribution >= 4 is 54.5 Å². The minimum absolute atomic E-state index is 0.514. The molecule has 2 nitrogen and oxygen atoms in total. The van der Waals surface area contributed by atoms with Gasteiger partial charge in [-0.15, -0.1) is 0 Å². The molecule has 0 bridgehead atoms. The van der Waals surface area contributed by atoms with Crippen LogP contribution in [0, 0.1) is 3.57 Å². The van der Waals surface area contributed by atoms with E-state index in [4.69, 9.17) is 0 Å². The largest absolute Gasteiger partial charge is 0.388 e. The Hall–Kier alpha value is 0.0200. The van der Waals surface area contributed by atoms with Crippen LogP contribution in [-0.4, -0.2) is 10.1 Å². The summed E-state index contributed by atoms with van der Waals surface area (Å²) in [5.74, 6) is 0. The lowest BCUT2D eigenvalue weighted by molar-refractivity contribution is 0.176. The van der Waals surface area contributed by atoms with Gasteiger partial charge in [0.25, 0.3) is 0 Å². The van der Waals surface area contributed by atoms with Crippen LogP contribution in [0.4, 0.5) is 0 Å². The highest BCUT2D eigenvalue weighted by Crippen LogP contribution is 2.26. The minimum atomic E-state index is -0.539. The van der Waals surface area contributed by atoms with Crippen molar-refractivity contribution in [1.82, 2.24) is 4.98 Å². The van der Waals surface area contributed by atoms with E-state index in [-0.39, 0.29) is 0 Å². The van der Waals surface area contributed by atoms with Crippen LogP contribution in [0.1, 0.15) is 17.4 Å². The van der Waals surface area contributed by atoms with Gasteiger partial charge in [-0.3, -0.25) is 4.98 Å². The van der Waals surface area contributed by atoms with Gasteiger partial charge in [0.15, 0.2) is 0 Å². The van der Waals surface area contributed by atoms with Crippen LogP contribution in [0.2, 0.25) is 0 Å². The number of pyridine rings is 1. The average molecular weight is 483 g/mol. The fourth-order valence-electron chi connectivity index (χ4n) is 1.61. The third-order valence-electron chi connectivity index (χ3n) is 2.51. The van der Waals surface area contributed by atoms with Crippen molar-refractivity contribution in [3.05, 3.63) is 60.3 Å². The first-order valence-corrected chi connectivity index (χ1v) is 7.96. The fraction of sp³-hybridized carbons (Fsp3) is 0.154. The van der Waals surface area contributed by atoms with Crippen LogP contribution < -0.4 is 0 Å². The van der Waals surface area contributed by atoms with Gasteiger partial charge in [-0.2, -0.15) is 0 Å². The summed E-state index contributed by atoms with van der Waals surface area (Å²) in [6.45, 7) is 0. The lowest BCUT2D eigenvalue weighted by Crippen LogP contribution is -2.05. The van der Waals surface area contributed by atoms with Crippen molar-refractivity contribution in [1.29, 1.82) is 0 Å². The number of aromatic nitrogens is 1. The van der Waals surface area contributed by atoms with E-state index in [0.717, 1.165) is 23.8 Å². The first-order chi connectivity index (χ1) is 8.56. The number of hydrogen-bond acceptors (Lipinski definition) is 2. The van der Waals surface area contributed by atoms with Crippen LogP contribution in [-0.2, 0) is 6.42 Å². The summed E-state index contributed by atoms with van der Waals surface area (Å²) in [6.07, 6.45) is 1.72. The predicted octanol–water partition coefficient (Wildman–Crippen LogP) is 4.49. The Morgan fingerprint density at radius 3 is 2.56 bits per heavy atom. The molecule has 94 valence electrons. The molecule has 5 heteroatoms. The highest BCUT2D eigenvalue weighted by atomic mass is 127. The Labute approximate surface area is 136 Å². The van der Waals surface area contributed by atoms with E-state index in [1.165, 1.54) is 0 Å². The molecule has 0 amide bonds. The molecule has 0 aliphatic rings. The Balaban J connectivity index is 2.18. The maximum atomic E-state index is 10.3. The quantitative estimate of drug-likeness (QED) is 0.654. The second-order valence-corrected chi connectivity index (χ2v) is 6.85. The summed E-state index contributed by atoms with van der Waals surface area (Å²) in [5, 5.41) is 10.3. The van der Waals surface area contributed by atoms with Gasteiger partial charge < -0.3 is 5.11 Å². The van der Waals surface area contributed by atoms with Crippen molar-refractivity contribution in [2.75, 3.05) is 0 Å². The SMILES string of the molecule is OC(Cc1ccc(Br)cn1)c1cc(Br)ccc1I. The standard InChI is InChI=1S/C13H10Br2INO/c14-8-2-4-12(16)11(5-8)13(18)6-10-3-1-9(15)7-17-10/h1-5,7,13,18H,6H2. The summed E-state index contributed by atoms with van der Waals surface area (Å²) in [5.41, 5.74) is 1.80. The van der Waals surface area contributed by atoms with Crippen molar-refractivity contribution in [3.63, 3.8) is 0 Å². The van der Waals surface area contributed by atoms with Gasteiger partial charge in [0.1, 0.15) is 0 Å². The number of benzene rings is 1. The Morgan fingerprint density at radius 2 is 1.89 bits per heavy atom. The highest BCUT2D eigenvalue weighted by Gasteiger charge is 2.13. The summed E-state index contributed by atoms with van der Waals surface area (Å²) < 4.78 is 2.97. The number of nitrogens with zero attached hydrogens (tertiary/aromatic N) is 1. The van der Waals surface area contributed by atoms with Crippen LogP contribution >= 0.6 is 54.5 Å².